The number of ether oxygens (including phenoxy) is 4. The Morgan fingerprint density at radius 3 is 2.70 bits per heavy atom. The number of carbonyl (C=O) groups excluding carboxylic acids is 2. The first-order valence-corrected chi connectivity index (χ1v) is 8.50. The van der Waals surface area contributed by atoms with Crippen molar-refractivity contribution in [2.45, 2.75) is 45.3 Å². The monoisotopic (exact) mass is 399 g/mol. The Balaban J connectivity index is 1.97. The zero-order valence-corrected chi connectivity index (χ0v) is 15.5. The van der Waals surface area contributed by atoms with Gasteiger partial charge in [-0.05, 0) is 6.90 Å². The van der Waals surface area contributed by atoms with Gasteiger partial charge in [-0.15, -0.1) is 0 Å². The summed E-state index contributed by atoms with van der Waals surface area (Å²) in [5.74, 6) is -1.13. The van der Waals surface area contributed by atoms with Crippen LogP contribution in [0.5, 0.6) is 0 Å². The number of hydrogen-bond donors (Lipinski definition) is 0. The molecule has 1 unspecified atom stereocenters. The van der Waals surface area contributed by atoms with Crippen LogP contribution in [0.4, 0.5) is 0 Å². The third kappa shape index (κ3) is 4.02. The van der Waals surface area contributed by atoms with Gasteiger partial charge in [-0.1, -0.05) is 11.6 Å². The van der Waals surface area contributed by atoms with Crippen molar-refractivity contribution in [2.24, 2.45) is 0 Å². The van der Waals surface area contributed by atoms with Crippen LogP contribution in [-0.4, -0.2) is 63.0 Å². The average Bonchev–Trinajstić information content (AvgIpc) is 3.18. The van der Waals surface area contributed by atoms with Crippen molar-refractivity contribution in [1.29, 1.82) is 0 Å². The van der Waals surface area contributed by atoms with E-state index in [1.54, 1.807) is 0 Å². The molecule has 0 radical (unpaired) electrons. The van der Waals surface area contributed by atoms with Gasteiger partial charge in [-0.3, -0.25) is 14.2 Å². The van der Waals surface area contributed by atoms with E-state index < -0.39 is 36.5 Å². The normalized spacial score (nSPS) is 25.4. The van der Waals surface area contributed by atoms with Crippen LogP contribution in [0, 0.1) is 0 Å². The average molecular weight is 400 g/mol. The summed E-state index contributed by atoms with van der Waals surface area (Å²) in [6.07, 6.45) is -0.765. The highest BCUT2D eigenvalue weighted by atomic mass is 35.5. The number of hydrogen-bond acceptors (Lipinski definition) is 9. The number of esters is 2. The predicted octanol–water partition coefficient (Wildman–Crippen LogP) is 1.28. The Morgan fingerprint density at radius 1 is 1.26 bits per heavy atom. The fourth-order valence-corrected chi connectivity index (χ4v) is 3.10. The zero-order chi connectivity index (χ0) is 20.3. The molecule has 146 valence electrons. The van der Waals surface area contributed by atoms with Crippen molar-refractivity contribution in [3.63, 3.8) is 0 Å². The van der Waals surface area contributed by atoms with E-state index in [1.165, 1.54) is 31.1 Å². The summed E-state index contributed by atoms with van der Waals surface area (Å²) in [6, 6.07) is 0. The molecule has 1 fully saturated rings. The molecule has 11 heteroatoms. The molecule has 0 N–H and O–H groups in total. The van der Waals surface area contributed by atoms with Crippen LogP contribution in [0.15, 0.2) is 12.7 Å². The molecule has 10 nitrogen and oxygen atoms in total. The lowest BCUT2D eigenvalue weighted by molar-refractivity contribution is -0.165. The highest BCUT2D eigenvalue weighted by molar-refractivity contribution is 6.33. The Kier molecular flexibility index (Phi) is 5.46. The molecule has 0 spiro atoms. The van der Waals surface area contributed by atoms with E-state index in [0.29, 0.717) is 11.2 Å². The molecule has 1 aliphatic rings. The Bertz CT molecular complexity index is 865. The molecule has 1 aliphatic heterocycles. The molecule has 0 aromatic carbocycles. The van der Waals surface area contributed by atoms with Gasteiger partial charge in [0.1, 0.15) is 17.9 Å². The molecule has 2 aromatic heterocycles. The Morgan fingerprint density at radius 2 is 2.00 bits per heavy atom. The molecule has 3 heterocycles. The molecule has 0 saturated carbocycles. The second-order valence-electron chi connectivity index (χ2n) is 5.78. The lowest BCUT2D eigenvalue weighted by atomic mass is 10.1. The Labute approximate surface area is 161 Å². The maximum absolute atomic E-state index is 11.7. The van der Waals surface area contributed by atoms with E-state index in [4.69, 9.17) is 31.9 Å². The zero-order valence-electron chi connectivity index (χ0n) is 15.7. The Hall–Kier alpha value is -2.30. The molecule has 2 aromatic rings. The van der Waals surface area contributed by atoms with Gasteiger partial charge in [-0.2, -0.15) is 0 Å². The lowest BCUT2D eigenvalue weighted by Gasteiger charge is -2.23. The van der Waals surface area contributed by atoms with E-state index in [9.17, 15) is 9.59 Å². The second kappa shape index (κ2) is 8.15. The van der Waals surface area contributed by atoms with Crippen LogP contribution < -0.4 is 0 Å². The van der Waals surface area contributed by atoms with Gasteiger partial charge in [0.05, 0.1) is 12.9 Å². The summed E-state index contributed by atoms with van der Waals surface area (Å²) >= 11 is 6.05. The van der Waals surface area contributed by atoms with Crippen LogP contribution in [0.25, 0.3) is 11.2 Å². The fraction of sp³-hybridized carbons (Fsp3) is 0.562. The standard InChI is InChI=1S/C16H19ClN4O6/c1-4-24-5-10-12(25-8(2)22)13(26-9(3)23)16(27-10)21-7-20-11-14(17)18-6-19-15(11)21/h6-7,10,12-13,16H,4-5H2,1-3H3/t10-,12-,13-,16?/m1/s1/i1D. The molecular weight excluding hydrogens is 380 g/mol. The molecule has 0 bridgehead atoms. The van der Waals surface area contributed by atoms with Gasteiger partial charge >= 0.3 is 11.9 Å². The van der Waals surface area contributed by atoms with Gasteiger partial charge in [0.25, 0.3) is 0 Å². The van der Waals surface area contributed by atoms with Crippen molar-refractivity contribution in [2.75, 3.05) is 13.2 Å². The highest BCUT2D eigenvalue weighted by Gasteiger charge is 2.50. The van der Waals surface area contributed by atoms with Gasteiger partial charge in [0.2, 0.25) is 0 Å². The van der Waals surface area contributed by atoms with E-state index in [2.05, 4.69) is 15.0 Å². The number of imidazole rings is 1. The van der Waals surface area contributed by atoms with E-state index in [-0.39, 0.29) is 25.3 Å². The topological polar surface area (TPSA) is 115 Å². The van der Waals surface area contributed by atoms with Crippen molar-refractivity contribution in [3.8, 4) is 0 Å². The van der Waals surface area contributed by atoms with Crippen LogP contribution in [0.1, 0.15) is 28.3 Å². The largest absolute Gasteiger partial charge is 0.456 e. The number of carbonyl (C=O) groups is 2. The van der Waals surface area contributed by atoms with Gasteiger partial charge in [0.15, 0.2) is 29.2 Å². The first-order valence-electron chi connectivity index (χ1n) is 8.83. The highest BCUT2D eigenvalue weighted by Crippen LogP contribution is 2.36. The molecule has 1 saturated heterocycles. The summed E-state index contributed by atoms with van der Waals surface area (Å²) in [4.78, 5) is 35.5. The summed E-state index contributed by atoms with van der Waals surface area (Å²) in [5.41, 5.74) is 0.726. The lowest BCUT2D eigenvalue weighted by Crippen LogP contribution is -2.40. The molecule has 0 amide bonds. The summed E-state index contributed by atoms with van der Waals surface area (Å²) in [5, 5.41) is 0.164. The third-order valence-electron chi connectivity index (χ3n) is 3.90. The van der Waals surface area contributed by atoms with Crippen LogP contribution in [0.3, 0.4) is 0 Å². The minimum absolute atomic E-state index is 0.0491. The molecule has 0 aliphatic carbocycles. The van der Waals surface area contributed by atoms with Gasteiger partial charge in [-0.25, -0.2) is 15.0 Å². The number of halogens is 1. The van der Waals surface area contributed by atoms with E-state index in [0.717, 1.165) is 0 Å². The minimum atomic E-state index is -0.961. The fourth-order valence-electron chi connectivity index (χ4n) is 2.93. The van der Waals surface area contributed by atoms with Crippen molar-refractivity contribution < 1.29 is 29.9 Å². The smallest absolute Gasteiger partial charge is 0.303 e. The van der Waals surface area contributed by atoms with Crippen LogP contribution in [-0.2, 0) is 28.5 Å². The van der Waals surface area contributed by atoms with Crippen molar-refractivity contribution in [3.05, 3.63) is 17.8 Å². The number of rotatable bonds is 6. The SMILES string of the molecule is [2H]CCOC[C@H]1OC(n2cnc3c(Cl)ncnc32)[C@H](OC(C)=O)[C@@H]1OC(C)=O. The van der Waals surface area contributed by atoms with Crippen molar-refractivity contribution in [1.82, 2.24) is 19.5 Å². The number of nitrogens with zero attached hydrogens (tertiary/aromatic N) is 4. The first kappa shape index (κ1) is 18.1. The minimum Gasteiger partial charge on any atom is -0.456 e. The maximum Gasteiger partial charge on any atom is 0.303 e. The molecular formula is C16H19ClN4O6. The predicted molar refractivity (Wildman–Crippen MR) is 91.8 cm³/mol. The second-order valence-corrected chi connectivity index (χ2v) is 6.13. The maximum atomic E-state index is 11.7. The van der Waals surface area contributed by atoms with E-state index >= 15 is 0 Å². The number of fused-ring (bicyclic) bond motifs is 1. The van der Waals surface area contributed by atoms with Crippen LogP contribution >= 0.6 is 11.6 Å². The first-order chi connectivity index (χ1) is 13.4. The summed E-state index contributed by atoms with van der Waals surface area (Å²) in [6.45, 7) is 2.81. The van der Waals surface area contributed by atoms with Crippen molar-refractivity contribution >= 4 is 34.7 Å². The van der Waals surface area contributed by atoms with Gasteiger partial charge < -0.3 is 18.9 Å². The summed E-state index contributed by atoms with van der Waals surface area (Å²) in [7, 11) is 0. The molecule has 27 heavy (non-hydrogen) atoms. The molecule has 3 rings (SSSR count). The van der Waals surface area contributed by atoms with Crippen LogP contribution in [0.2, 0.25) is 5.15 Å². The number of aromatic nitrogens is 4. The van der Waals surface area contributed by atoms with E-state index in [1.807, 2.05) is 0 Å². The summed E-state index contributed by atoms with van der Waals surface area (Å²) < 4.78 is 30.9. The quantitative estimate of drug-likeness (QED) is 0.402. The third-order valence-corrected chi connectivity index (χ3v) is 4.18. The molecule has 4 atom stereocenters. The van der Waals surface area contributed by atoms with Gasteiger partial charge in [0, 0.05) is 21.8 Å².